The van der Waals surface area contributed by atoms with Crippen LogP contribution in [0.1, 0.15) is 29.9 Å². The van der Waals surface area contributed by atoms with Crippen molar-refractivity contribution in [3.8, 4) is 0 Å². The van der Waals surface area contributed by atoms with Crippen LogP contribution in [0.3, 0.4) is 0 Å². The second-order valence-electron chi connectivity index (χ2n) is 4.83. The molecule has 0 atom stereocenters. The van der Waals surface area contributed by atoms with Crippen LogP contribution < -0.4 is 5.32 Å². The van der Waals surface area contributed by atoms with Crippen molar-refractivity contribution in [2.24, 2.45) is 0 Å². The van der Waals surface area contributed by atoms with Gasteiger partial charge in [0.1, 0.15) is 0 Å². The van der Waals surface area contributed by atoms with Gasteiger partial charge in [-0.15, -0.1) is 0 Å². The molecule has 0 unspecified atom stereocenters. The Kier molecular flexibility index (Phi) is 5.05. The summed E-state index contributed by atoms with van der Waals surface area (Å²) in [6, 6.07) is 1.75. The zero-order valence-corrected chi connectivity index (χ0v) is 12.3. The van der Waals surface area contributed by atoms with Gasteiger partial charge in [0, 0.05) is 12.7 Å². The van der Waals surface area contributed by atoms with Crippen LogP contribution in [0.25, 0.3) is 11.1 Å². The molecule has 2 aromatic heterocycles. The normalized spacial score (nSPS) is 10.8. The van der Waals surface area contributed by atoms with E-state index < -0.39 is 0 Å². The van der Waals surface area contributed by atoms with Gasteiger partial charge in [-0.1, -0.05) is 24.2 Å². The summed E-state index contributed by atoms with van der Waals surface area (Å²) in [5.74, 6) is -0.188. The molecule has 0 saturated carbocycles. The molecule has 0 aliphatic rings. The lowest BCUT2D eigenvalue weighted by atomic mass is 10.1. The van der Waals surface area contributed by atoms with E-state index in [9.17, 15) is 4.79 Å². The van der Waals surface area contributed by atoms with Crippen molar-refractivity contribution in [2.75, 3.05) is 19.8 Å². The van der Waals surface area contributed by atoms with Gasteiger partial charge in [-0.3, -0.25) is 4.79 Å². The third-order valence-electron chi connectivity index (χ3n) is 2.88. The molecular formula is C15H19N3O3. The Balaban J connectivity index is 1.94. The molecule has 6 heteroatoms. The lowest BCUT2D eigenvalue weighted by Gasteiger charge is -2.06. The maximum atomic E-state index is 12.0. The molecule has 2 rings (SSSR count). The highest BCUT2D eigenvalue weighted by Crippen LogP contribution is 2.17. The quantitative estimate of drug-likeness (QED) is 0.624. The summed E-state index contributed by atoms with van der Waals surface area (Å²) in [5.41, 5.74) is 2.70. The van der Waals surface area contributed by atoms with Crippen LogP contribution in [0.2, 0.25) is 0 Å². The Morgan fingerprint density at radius 3 is 3.05 bits per heavy atom. The smallest absolute Gasteiger partial charge is 0.257 e. The van der Waals surface area contributed by atoms with E-state index in [2.05, 4.69) is 22.0 Å². The number of nitrogens with one attached hydrogen (secondary N) is 1. The summed E-state index contributed by atoms with van der Waals surface area (Å²) >= 11 is 0. The van der Waals surface area contributed by atoms with Crippen LogP contribution in [0.4, 0.5) is 0 Å². The fraction of sp³-hybridized carbons (Fsp3) is 0.400. The largest absolute Gasteiger partial charge is 0.375 e. The van der Waals surface area contributed by atoms with Crippen molar-refractivity contribution in [1.29, 1.82) is 0 Å². The summed E-state index contributed by atoms with van der Waals surface area (Å²) in [4.78, 5) is 16.1. The van der Waals surface area contributed by atoms with E-state index in [0.29, 0.717) is 31.0 Å². The molecule has 1 amide bonds. The number of rotatable bonds is 7. The molecule has 2 aromatic rings. The first-order chi connectivity index (χ1) is 10.1. The molecule has 2 heterocycles. The maximum Gasteiger partial charge on any atom is 0.257 e. The van der Waals surface area contributed by atoms with Gasteiger partial charge in [-0.05, 0) is 19.4 Å². The van der Waals surface area contributed by atoms with Crippen LogP contribution in [0.5, 0.6) is 0 Å². The number of carbonyl (C=O) groups is 1. The standard InChI is InChI=1S/C15H19N3O3/c1-4-13-12-7-11(8-17-15(12)21-18-13)14(19)16-5-6-20-9-10(2)3/h7-8H,2,4-6,9H2,1,3H3,(H,16,19). The summed E-state index contributed by atoms with van der Waals surface area (Å²) in [5, 5.41) is 7.48. The number of amides is 1. The number of aryl methyl sites for hydroxylation is 1. The molecule has 0 bridgehead atoms. The fourth-order valence-electron chi connectivity index (χ4n) is 1.84. The summed E-state index contributed by atoms with van der Waals surface area (Å²) < 4.78 is 10.4. The van der Waals surface area contributed by atoms with E-state index in [0.717, 1.165) is 23.1 Å². The topological polar surface area (TPSA) is 77.2 Å². The minimum atomic E-state index is -0.188. The van der Waals surface area contributed by atoms with E-state index in [-0.39, 0.29) is 5.91 Å². The second-order valence-corrected chi connectivity index (χ2v) is 4.83. The number of ether oxygens (including phenoxy) is 1. The van der Waals surface area contributed by atoms with Gasteiger partial charge in [0.2, 0.25) is 0 Å². The monoisotopic (exact) mass is 289 g/mol. The molecule has 1 N–H and O–H groups in total. The van der Waals surface area contributed by atoms with E-state index in [1.54, 1.807) is 6.07 Å². The lowest BCUT2D eigenvalue weighted by Crippen LogP contribution is -2.27. The molecule has 0 fully saturated rings. The Labute approximate surface area is 123 Å². The van der Waals surface area contributed by atoms with Crippen LogP contribution in [0, 0.1) is 0 Å². The number of hydrogen-bond donors (Lipinski definition) is 1. The van der Waals surface area contributed by atoms with Gasteiger partial charge >= 0.3 is 0 Å². The van der Waals surface area contributed by atoms with Crippen LogP contribution in [0.15, 0.2) is 28.9 Å². The van der Waals surface area contributed by atoms with E-state index in [1.807, 2.05) is 13.8 Å². The first-order valence-electron chi connectivity index (χ1n) is 6.86. The molecule has 21 heavy (non-hydrogen) atoms. The molecule has 0 aliphatic heterocycles. The number of pyridine rings is 1. The van der Waals surface area contributed by atoms with Crippen molar-refractivity contribution in [3.63, 3.8) is 0 Å². The average molecular weight is 289 g/mol. The zero-order valence-electron chi connectivity index (χ0n) is 12.3. The van der Waals surface area contributed by atoms with Gasteiger partial charge < -0.3 is 14.6 Å². The van der Waals surface area contributed by atoms with E-state index >= 15 is 0 Å². The van der Waals surface area contributed by atoms with Gasteiger partial charge in [-0.25, -0.2) is 4.98 Å². The highest BCUT2D eigenvalue weighted by Gasteiger charge is 2.12. The zero-order chi connectivity index (χ0) is 15.2. The Hall–Kier alpha value is -2.21. The van der Waals surface area contributed by atoms with Crippen molar-refractivity contribution < 1.29 is 14.1 Å². The van der Waals surface area contributed by atoms with E-state index in [4.69, 9.17) is 9.26 Å². The first-order valence-corrected chi connectivity index (χ1v) is 6.86. The predicted octanol–water partition coefficient (Wildman–Crippen LogP) is 2.11. The minimum absolute atomic E-state index is 0.188. The highest BCUT2D eigenvalue weighted by molar-refractivity contribution is 5.96. The summed E-state index contributed by atoms with van der Waals surface area (Å²) in [6.07, 6.45) is 2.21. The van der Waals surface area contributed by atoms with Crippen molar-refractivity contribution >= 4 is 17.0 Å². The van der Waals surface area contributed by atoms with Crippen LogP contribution >= 0.6 is 0 Å². The van der Waals surface area contributed by atoms with Gasteiger partial charge in [-0.2, -0.15) is 0 Å². The van der Waals surface area contributed by atoms with E-state index in [1.165, 1.54) is 6.20 Å². The van der Waals surface area contributed by atoms with Crippen molar-refractivity contribution in [3.05, 3.63) is 35.7 Å². The molecule has 0 aliphatic carbocycles. The van der Waals surface area contributed by atoms with Gasteiger partial charge in [0.05, 0.1) is 29.9 Å². The Morgan fingerprint density at radius 2 is 2.33 bits per heavy atom. The highest BCUT2D eigenvalue weighted by atomic mass is 16.5. The van der Waals surface area contributed by atoms with Crippen LogP contribution in [-0.2, 0) is 11.2 Å². The summed E-state index contributed by atoms with van der Waals surface area (Å²) in [7, 11) is 0. The third kappa shape index (κ3) is 3.88. The fourth-order valence-corrected chi connectivity index (χ4v) is 1.84. The number of fused-ring (bicyclic) bond motifs is 1. The SMILES string of the molecule is C=C(C)COCCNC(=O)c1cnc2onc(CC)c2c1. The molecule has 0 saturated heterocycles. The number of nitrogens with zero attached hydrogens (tertiary/aromatic N) is 2. The van der Waals surface area contributed by atoms with Crippen molar-refractivity contribution in [1.82, 2.24) is 15.5 Å². The molecule has 0 aromatic carbocycles. The molecule has 112 valence electrons. The first kappa shape index (κ1) is 15.2. The predicted molar refractivity (Wildman–Crippen MR) is 79.1 cm³/mol. The number of hydrogen-bond acceptors (Lipinski definition) is 5. The molecule has 0 spiro atoms. The van der Waals surface area contributed by atoms with Crippen LogP contribution in [-0.4, -0.2) is 35.8 Å². The molecule has 0 radical (unpaired) electrons. The number of aromatic nitrogens is 2. The number of carbonyl (C=O) groups excluding carboxylic acids is 1. The van der Waals surface area contributed by atoms with Crippen molar-refractivity contribution in [2.45, 2.75) is 20.3 Å². The molecular weight excluding hydrogens is 270 g/mol. The maximum absolute atomic E-state index is 12.0. The second kappa shape index (κ2) is 6.99. The summed E-state index contributed by atoms with van der Waals surface area (Å²) in [6.45, 7) is 9.00. The lowest BCUT2D eigenvalue weighted by molar-refractivity contribution is 0.0926. The molecule has 6 nitrogen and oxygen atoms in total. The Morgan fingerprint density at radius 1 is 1.52 bits per heavy atom. The van der Waals surface area contributed by atoms with Gasteiger partial charge in [0.15, 0.2) is 0 Å². The minimum Gasteiger partial charge on any atom is -0.375 e. The average Bonchev–Trinajstić information content (AvgIpc) is 2.88. The third-order valence-corrected chi connectivity index (χ3v) is 2.88. The Bertz CT molecular complexity index is 649. The van der Waals surface area contributed by atoms with Gasteiger partial charge in [0.25, 0.3) is 11.6 Å².